The molecule has 1 amide bonds. The number of benzene rings is 2. The second-order valence-electron chi connectivity index (χ2n) is 11.6. The molecule has 42 heavy (non-hydrogen) atoms. The Bertz CT molecular complexity index is 1670. The minimum atomic E-state index is -2.33. The van der Waals surface area contributed by atoms with Crippen LogP contribution in [-0.4, -0.2) is 60.5 Å². The number of amides is 1. The molecule has 4 heterocycles. The third kappa shape index (κ3) is 2.62. The maximum Gasteiger partial charge on any atom is 0.329 e. The van der Waals surface area contributed by atoms with E-state index in [1.807, 2.05) is 6.07 Å². The Kier molecular flexibility index (Phi) is 5.22. The van der Waals surface area contributed by atoms with E-state index < -0.39 is 57.8 Å². The van der Waals surface area contributed by atoms with Crippen LogP contribution in [0, 0.1) is 5.92 Å². The summed E-state index contributed by atoms with van der Waals surface area (Å²) in [7, 11) is 4.26. The van der Waals surface area contributed by atoms with Gasteiger partial charge in [0.25, 0.3) is 5.91 Å². The number of aliphatic hydroxyl groups excluding tert-OH is 1. The zero-order valence-corrected chi connectivity index (χ0v) is 23.5. The largest absolute Gasteiger partial charge is 0.497 e. The minimum absolute atomic E-state index is 0.0174. The molecule has 2 bridgehead atoms. The molecule has 4 aliphatic rings. The summed E-state index contributed by atoms with van der Waals surface area (Å²) in [6.07, 6.45) is -1.78. The molecule has 218 valence electrons. The van der Waals surface area contributed by atoms with Crippen molar-refractivity contribution in [3.8, 4) is 11.5 Å². The van der Waals surface area contributed by atoms with Crippen molar-refractivity contribution in [2.75, 3.05) is 21.3 Å². The molecule has 11 heteroatoms. The van der Waals surface area contributed by atoms with Crippen LogP contribution >= 0.6 is 0 Å². The summed E-state index contributed by atoms with van der Waals surface area (Å²) in [5, 5.41) is 26.3. The van der Waals surface area contributed by atoms with Gasteiger partial charge in [0.15, 0.2) is 28.1 Å². The quantitative estimate of drug-likeness (QED) is 0.264. The molecule has 7 rings (SSSR count). The number of nitrogens with zero attached hydrogens (tertiary/aromatic N) is 1. The number of hydroxylamine groups is 2. The average Bonchev–Trinajstić information content (AvgIpc) is 3.68. The predicted molar refractivity (Wildman–Crippen MR) is 142 cm³/mol. The first-order valence-electron chi connectivity index (χ1n) is 13.5. The lowest BCUT2D eigenvalue weighted by Gasteiger charge is -2.41. The van der Waals surface area contributed by atoms with Crippen LogP contribution in [0.4, 0.5) is 0 Å². The number of furan rings is 1. The van der Waals surface area contributed by atoms with E-state index in [4.69, 9.17) is 23.5 Å². The molecular formula is C31H29NO10. The second kappa shape index (κ2) is 8.21. The van der Waals surface area contributed by atoms with Crippen molar-refractivity contribution in [2.24, 2.45) is 5.92 Å². The van der Waals surface area contributed by atoms with E-state index >= 15 is 0 Å². The summed E-state index contributed by atoms with van der Waals surface area (Å²) < 4.78 is 23.4. The van der Waals surface area contributed by atoms with Gasteiger partial charge in [0, 0.05) is 13.0 Å². The topological polar surface area (TPSA) is 145 Å². The molecule has 1 aromatic heterocycles. The third-order valence-corrected chi connectivity index (χ3v) is 10.1. The summed E-state index contributed by atoms with van der Waals surface area (Å²) in [6, 6.07) is 15.7. The van der Waals surface area contributed by atoms with Gasteiger partial charge in [0.2, 0.25) is 0 Å². The van der Waals surface area contributed by atoms with Crippen LogP contribution < -0.4 is 9.47 Å². The molecule has 2 N–H and O–H groups in total. The summed E-state index contributed by atoms with van der Waals surface area (Å²) >= 11 is 0. The number of carbonyl (C=O) groups excluding carboxylic acids is 3. The molecule has 0 spiro atoms. The van der Waals surface area contributed by atoms with Gasteiger partial charge in [-0.2, -0.15) is 0 Å². The third-order valence-electron chi connectivity index (χ3n) is 10.1. The Morgan fingerprint density at radius 3 is 2.17 bits per heavy atom. The highest BCUT2D eigenvalue weighted by Gasteiger charge is 2.84. The molecule has 2 fully saturated rings. The first kappa shape index (κ1) is 26.7. The van der Waals surface area contributed by atoms with Crippen LogP contribution in [0.5, 0.6) is 11.5 Å². The number of hydrogen-bond acceptors (Lipinski definition) is 10. The van der Waals surface area contributed by atoms with E-state index in [9.17, 15) is 24.6 Å². The van der Waals surface area contributed by atoms with E-state index in [1.54, 1.807) is 55.5 Å². The summed E-state index contributed by atoms with van der Waals surface area (Å²) in [5.41, 5.74) is -6.28. The van der Waals surface area contributed by atoms with E-state index in [0.717, 1.165) is 5.06 Å². The molecular weight excluding hydrogens is 546 g/mol. The molecule has 2 aromatic carbocycles. The lowest BCUT2D eigenvalue weighted by Crippen LogP contribution is -2.53. The van der Waals surface area contributed by atoms with Gasteiger partial charge in [0.05, 0.1) is 25.7 Å². The Balaban J connectivity index is 1.57. The van der Waals surface area contributed by atoms with Crippen molar-refractivity contribution in [3.63, 3.8) is 0 Å². The number of cyclic esters (lactones) is 2. The molecule has 7 atom stereocenters. The smallest absolute Gasteiger partial charge is 0.329 e. The molecule has 3 aromatic rings. The molecule has 0 radical (unpaired) electrons. The number of hydrogen-bond donors (Lipinski definition) is 2. The van der Waals surface area contributed by atoms with Gasteiger partial charge in [-0.3, -0.25) is 19.2 Å². The van der Waals surface area contributed by atoms with Crippen LogP contribution in [0.1, 0.15) is 48.0 Å². The Morgan fingerprint density at radius 2 is 1.57 bits per heavy atom. The molecule has 1 aliphatic carbocycles. The van der Waals surface area contributed by atoms with Gasteiger partial charge in [-0.1, -0.05) is 42.5 Å². The van der Waals surface area contributed by atoms with Crippen molar-refractivity contribution in [1.82, 2.24) is 5.06 Å². The SMILES string of the molecule is COc1ccc([C@@]23Oc4c5oc(c4[C@]2(O)[C@H](O)[C@H](C(=O)N(C)OC)[C@H]3c2ccccc2)C2(C)C(=O)OC(=O)C52C)cc1. The molecule has 1 saturated heterocycles. The van der Waals surface area contributed by atoms with Gasteiger partial charge in [0.1, 0.15) is 23.0 Å². The summed E-state index contributed by atoms with van der Waals surface area (Å²) in [4.78, 5) is 45.4. The maximum absolute atomic E-state index is 13.9. The van der Waals surface area contributed by atoms with Gasteiger partial charge in [-0.15, -0.1) is 0 Å². The number of fused-ring (bicyclic) bond motifs is 10. The number of methoxy groups -OCH3 is 1. The highest BCUT2D eigenvalue weighted by molar-refractivity contribution is 6.10. The van der Waals surface area contributed by atoms with Crippen LogP contribution in [0.15, 0.2) is 59.0 Å². The molecule has 11 nitrogen and oxygen atoms in total. The van der Waals surface area contributed by atoms with Crippen molar-refractivity contribution >= 4 is 17.8 Å². The van der Waals surface area contributed by atoms with Crippen LogP contribution in [-0.2, 0) is 46.0 Å². The summed E-state index contributed by atoms with van der Waals surface area (Å²) in [5.74, 6) is -3.93. The molecule has 3 aliphatic heterocycles. The first-order chi connectivity index (χ1) is 19.9. The number of esters is 2. The van der Waals surface area contributed by atoms with E-state index in [-0.39, 0.29) is 22.8 Å². The number of aliphatic hydroxyl groups is 2. The molecule has 2 unspecified atom stereocenters. The zero-order valence-electron chi connectivity index (χ0n) is 23.5. The number of rotatable bonds is 5. The van der Waals surface area contributed by atoms with Crippen molar-refractivity contribution in [1.29, 1.82) is 0 Å². The highest BCUT2D eigenvalue weighted by atomic mass is 16.7. The zero-order chi connectivity index (χ0) is 30.0. The lowest BCUT2D eigenvalue weighted by atomic mass is 9.60. The van der Waals surface area contributed by atoms with Gasteiger partial charge in [-0.05, 0) is 37.1 Å². The fourth-order valence-corrected chi connectivity index (χ4v) is 7.64. The lowest BCUT2D eigenvalue weighted by molar-refractivity contribution is -0.181. The highest BCUT2D eigenvalue weighted by Crippen LogP contribution is 2.75. The maximum atomic E-state index is 13.9. The van der Waals surface area contributed by atoms with E-state index in [0.29, 0.717) is 16.9 Å². The normalized spacial score (nSPS) is 35.4. The fourth-order valence-electron chi connectivity index (χ4n) is 7.64. The van der Waals surface area contributed by atoms with Crippen LogP contribution in [0.25, 0.3) is 0 Å². The van der Waals surface area contributed by atoms with E-state index in [2.05, 4.69) is 0 Å². The van der Waals surface area contributed by atoms with Gasteiger partial charge >= 0.3 is 11.9 Å². The minimum Gasteiger partial charge on any atom is -0.497 e. The van der Waals surface area contributed by atoms with Crippen molar-refractivity contribution in [2.45, 2.75) is 47.9 Å². The number of carbonyl (C=O) groups is 3. The first-order valence-corrected chi connectivity index (χ1v) is 13.5. The standard InChI is InChI=1S/C31H29NO10/c1-28-23-20-21(24(40-23)29(28,2)27(36)41-26(28)35)42-31(16-11-13-17(38-4)14-12-16)19(15-9-7-6-8-10-15)18(22(33)30(20,31)37)25(34)32(3)39-5/h6-14,18-19,22,33,37H,1-5H3/t18-,19-,22-,28?,29?,30+,31+/m1/s1. The Morgan fingerprint density at radius 1 is 0.952 bits per heavy atom. The van der Waals surface area contributed by atoms with Gasteiger partial charge in [-0.25, -0.2) is 5.06 Å². The van der Waals surface area contributed by atoms with Crippen LogP contribution in [0.3, 0.4) is 0 Å². The fraction of sp³-hybridized carbons (Fsp3) is 0.387. The van der Waals surface area contributed by atoms with Gasteiger partial charge < -0.3 is 28.8 Å². The van der Waals surface area contributed by atoms with E-state index in [1.165, 1.54) is 28.2 Å². The number of ether oxygens (including phenoxy) is 3. The van der Waals surface area contributed by atoms with Crippen molar-refractivity contribution < 1.29 is 48.1 Å². The van der Waals surface area contributed by atoms with Crippen molar-refractivity contribution in [3.05, 3.63) is 82.8 Å². The average molecular weight is 576 g/mol. The summed E-state index contributed by atoms with van der Waals surface area (Å²) in [6.45, 7) is 3.05. The predicted octanol–water partition coefficient (Wildman–Crippen LogP) is 2.17. The molecule has 1 saturated carbocycles. The second-order valence-corrected chi connectivity index (χ2v) is 11.6. The van der Waals surface area contributed by atoms with Crippen LogP contribution in [0.2, 0.25) is 0 Å². The Hall–Kier alpha value is -4.19. The monoisotopic (exact) mass is 575 g/mol. The Labute approximate surface area is 240 Å².